The van der Waals surface area contributed by atoms with Gasteiger partial charge in [-0.2, -0.15) is 16.3 Å². The van der Waals surface area contributed by atoms with Crippen molar-refractivity contribution < 1.29 is 14.1 Å². The SMILES string of the molecule is O=C(OCc1nc(-c2ccsc2)no1)c1cc2ccccc2[nH]1. The maximum Gasteiger partial charge on any atom is 0.355 e. The van der Waals surface area contributed by atoms with Gasteiger partial charge in [-0.05, 0) is 23.6 Å². The summed E-state index contributed by atoms with van der Waals surface area (Å²) in [6.45, 7) is -0.0642. The minimum Gasteiger partial charge on any atom is -0.451 e. The number of nitrogens with zero attached hydrogens (tertiary/aromatic N) is 2. The molecule has 23 heavy (non-hydrogen) atoms. The quantitative estimate of drug-likeness (QED) is 0.579. The molecule has 0 amide bonds. The second-order valence-corrected chi connectivity index (χ2v) is 5.65. The van der Waals surface area contributed by atoms with Gasteiger partial charge >= 0.3 is 5.97 Å². The number of fused-ring (bicyclic) bond motifs is 1. The van der Waals surface area contributed by atoms with E-state index in [0.29, 0.717) is 11.5 Å². The van der Waals surface area contributed by atoms with Crippen molar-refractivity contribution in [3.8, 4) is 11.4 Å². The number of rotatable bonds is 4. The van der Waals surface area contributed by atoms with E-state index in [1.54, 1.807) is 17.4 Å². The Labute approximate surface area is 134 Å². The van der Waals surface area contributed by atoms with E-state index in [0.717, 1.165) is 16.5 Å². The van der Waals surface area contributed by atoms with Gasteiger partial charge in [-0.1, -0.05) is 23.4 Å². The lowest BCUT2D eigenvalue weighted by molar-refractivity contribution is 0.0424. The smallest absolute Gasteiger partial charge is 0.355 e. The Bertz CT molecular complexity index is 923. The number of H-pyrrole nitrogens is 1. The zero-order valence-electron chi connectivity index (χ0n) is 11.9. The lowest BCUT2D eigenvalue weighted by Crippen LogP contribution is -2.05. The van der Waals surface area contributed by atoms with E-state index < -0.39 is 5.97 Å². The van der Waals surface area contributed by atoms with Crippen LogP contribution in [0.25, 0.3) is 22.3 Å². The molecule has 0 unspecified atom stereocenters. The maximum atomic E-state index is 12.1. The molecule has 0 aliphatic rings. The molecule has 3 heterocycles. The van der Waals surface area contributed by atoms with Crippen LogP contribution >= 0.6 is 11.3 Å². The first-order valence-corrected chi connectivity index (χ1v) is 7.84. The number of ether oxygens (including phenoxy) is 1. The highest BCUT2D eigenvalue weighted by Gasteiger charge is 2.14. The van der Waals surface area contributed by atoms with Crippen LogP contribution in [0.4, 0.5) is 0 Å². The van der Waals surface area contributed by atoms with Crippen LogP contribution in [0, 0.1) is 0 Å². The number of hydrogen-bond donors (Lipinski definition) is 1. The molecule has 0 radical (unpaired) electrons. The summed E-state index contributed by atoms with van der Waals surface area (Å²) in [5, 5.41) is 8.67. The number of hydrogen-bond acceptors (Lipinski definition) is 6. The number of carbonyl (C=O) groups excluding carboxylic acids is 1. The molecule has 0 spiro atoms. The Morgan fingerprint density at radius 2 is 2.22 bits per heavy atom. The van der Waals surface area contributed by atoms with Gasteiger partial charge in [-0.3, -0.25) is 0 Å². The monoisotopic (exact) mass is 325 g/mol. The van der Waals surface area contributed by atoms with Crippen LogP contribution in [-0.2, 0) is 11.3 Å². The largest absolute Gasteiger partial charge is 0.451 e. The Kier molecular flexibility index (Phi) is 3.39. The molecule has 4 aromatic rings. The first-order valence-electron chi connectivity index (χ1n) is 6.89. The molecule has 0 bridgehead atoms. The van der Waals surface area contributed by atoms with Crippen molar-refractivity contribution in [2.75, 3.05) is 0 Å². The fraction of sp³-hybridized carbons (Fsp3) is 0.0625. The topological polar surface area (TPSA) is 81.0 Å². The summed E-state index contributed by atoms with van der Waals surface area (Å²) in [5.74, 6) is 0.287. The molecule has 0 fully saturated rings. The third kappa shape index (κ3) is 2.74. The zero-order chi connectivity index (χ0) is 15.6. The number of benzene rings is 1. The van der Waals surface area contributed by atoms with Crippen molar-refractivity contribution in [3.63, 3.8) is 0 Å². The average molecular weight is 325 g/mol. The molecular formula is C16H11N3O3S. The van der Waals surface area contributed by atoms with Gasteiger partial charge in [0.15, 0.2) is 6.61 Å². The molecular weight excluding hydrogens is 314 g/mol. The van der Waals surface area contributed by atoms with Gasteiger partial charge in [0.2, 0.25) is 5.82 Å². The Morgan fingerprint density at radius 3 is 3.04 bits per heavy atom. The first-order chi connectivity index (χ1) is 11.3. The van der Waals surface area contributed by atoms with Gasteiger partial charge in [0, 0.05) is 21.8 Å². The highest BCUT2D eigenvalue weighted by molar-refractivity contribution is 7.08. The van der Waals surface area contributed by atoms with E-state index in [2.05, 4.69) is 15.1 Å². The van der Waals surface area contributed by atoms with Gasteiger partial charge < -0.3 is 14.2 Å². The lowest BCUT2D eigenvalue weighted by Gasteiger charge is -1.98. The molecule has 1 aromatic carbocycles. The minimum atomic E-state index is -0.462. The predicted octanol–water partition coefficient (Wildman–Crippen LogP) is 3.64. The first kappa shape index (κ1) is 13.7. The van der Waals surface area contributed by atoms with Gasteiger partial charge in [-0.25, -0.2) is 4.79 Å². The van der Waals surface area contributed by atoms with Crippen molar-refractivity contribution >= 4 is 28.2 Å². The zero-order valence-corrected chi connectivity index (χ0v) is 12.7. The van der Waals surface area contributed by atoms with Crippen LogP contribution in [-0.4, -0.2) is 21.1 Å². The van der Waals surface area contributed by atoms with E-state index in [4.69, 9.17) is 9.26 Å². The molecule has 3 aromatic heterocycles. The van der Waals surface area contributed by atoms with Crippen LogP contribution in [0.2, 0.25) is 0 Å². The van der Waals surface area contributed by atoms with Crippen LogP contribution in [0.15, 0.2) is 51.7 Å². The number of para-hydroxylation sites is 1. The molecule has 114 valence electrons. The van der Waals surface area contributed by atoms with Crippen molar-refractivity contribution in [3.05, 3.63) is 58.7 Å². The van der Waals surface area contributed by atoms with Crippen LogP contribution < -0.4 is 0 Å². The van der Waals surface area contributed by atoms with E-state index in [9.17, 15) is 4.79 Å². The summed E-state index contributed by atoms with van der Waals surface area (Å²) in [7, 11) is 0. The normalized spacial score (nSPS) is 11.0. The molecule has 0 atom stereocenters. The molecule has 0 saturated carbocycles. The number of thiophene rings is 1. The molecule has 0 aliphatic carbocycles. The second-order valence-electron chi connectivity index (χ2n) is 4.87. The van der Waals surface area contributed by atoms with Gasteiger partial charge in [0.1, 0.15) is 5.69 Å². The Morgan fingerprint density at radius 1 is 1.30 bits per heavy atom. The molecule has 7 heteroatoms. The summed E-state index contributed by atoms with van der Waals surface area (Å²) in [6.07, 6.45) is 0. The summed E-state index contributed by atoms with van der Waals surface area (Å²) in [6, 6.07) is 11.3. The van der Waals surface area contributed by atoms with Gasteiger partial charge in [-0.15, -0.1) is 0 Å². The second kappa shape index (κ2) is 5.69. The van der Waals surface area contributed by atoms with E-state index in [1.807, 2.05) is 41.1 Å². The summed E-state index contributed by atoms with van der Waals surface area (Å²) >= 11 is 1.55. The number of carbonyl (C=O) groups is 1. The van der Waals surface area contributed by atoms with Crippen molar-refractivity contribution in [2.45, 2.75) is 6.61 Å². The fourth-order valence-electron chi connectivity index (χ4n) is 2.21. The third-order valence-electron chi connectivity index (χ3n) is 3.32. The minimum absolute atomic E-state index is 0.0642. The third-order valence-corrected chi connectivity index (χ3v) is 4.01. The molecule has 0 aliphatic heterocycles. The highest BCUT2D eigenvalue weighted by Crippen LogP contribution is 2.19. The number of aromatic amines is 1. The van der Waals surface area contributed by atoms with Crippen molar-refractivity contribution in [2.24, 2.45) is 0 Å². The number of esters is 1. The summed E-state index contributed by atoms with van der Waals surface area (Å²) < 4.78 is 10.3. The molecule has 6 nitrogen and oxygen atoms in total. The maximum absolute atomic E-state index is 12.1. The molecule has 0 saturated heterocycles. The lowest BCUT2D eigenvalue weighted by atomic mass is 10.2. The average Bonchev–Trinajstić information content (AvgIpc) is 3.31. The Balaban J connectivity index is 1.45. The number of aromatic nitrogens is 3. The Hall–Kier alpha value is -2.93. The highest BCUT2D eigenvalue weighted by atomic mass is 32.1. The van der Waals surface area contributed by atoms with E-state index >= 15 is 0 Å². The molecule has 4 rings (SSSR count). The van der Waals surface area contributed by atoms with Crippen LogP contribution in [0.5, 0.6) is 0 Å². The van der Waals surface area contributed by atoms with E-state index in [1.165, 1.54) is 0 Å². The van der Waals surface area contributed by atoms with Crippen molar-refractivity contribution in [1.82, 2.24) is 15.1 Å². The van der Waals surface area contributed by atoms with Gasteiger partial charge in [0.05, 0.1) is 0 Å². The predicted molar refractivity (Wildman–Crippen MR) is 85.0 cm³/mol. The summed E-state index contributed by atoms with van der Waals surface area (Å²) in [5.41, 5.74) is 2.16. The standard InChI is InChI=1S/C16H11N3O3S/c20-16(13-7-10-3-1-2-4-12(10)17-13)21-8-14-18-15(19-22-14)11-5-6-23-9-11/h1-7,9,17H,8H2. The molecule has 1 N–H and O–H groups in total. The summed E-state index contributed by atoms with van der Waals surface area (Å²) in [4.78, 5) is 19.3. The van der Waals surface area contributed by atoms with Crippen LogP contribution in [0.3, 0.4) is 0 Å². The number of nitrogens with one attached hydrogen (secondary N) is 1. The van der Waals surface area contributed by atoms with E-state index in [-0.39, 0.29) is 12.5 Å². The van der Waals surface area contributed by atoms with Crippen LogP contribution in [0.1, 0.15) is 16.4 Å². The van der Waals surface area contributed by atoms with Gasteiger partial charge in [0.25, 0.3) is 5.89 Å². The fourth-order valence-corrected chi connectivity index (χ4v) is 2.85. The van der Waals surface area contributed by atoms with Crippen molar-refractivity contribution in [1.29, 1.82) is 0 Å².